The lowest BCUT2D eigenvalue weighted by molar-refractivity contribution is 0.369. The van der Waals surface area contributed by atoms with Crippen molar-refractivity contribution in [2.75, 3.05) is 26.2 Å². The predicted molar refractivity (Wildman–Crippen MR) is 117 cm³/mol. The minimum Gasteiger partial charge on any atom is -0.357 e. The number of guanidine groups is 1. The molecule has 150 valence electrons. The van der Waals surface area contributed by atoms with E-state index in [9.17, 15) is 0 Å². The van der Waals surface area contributed by atoms with Crippen LogP contribution < -0.4 is 5.32 Å². The zero-order valence-corrected chi connectivity index (χ0v) is 19.3. The minimum absolute atomic E-state index is 0. The summed E-state index contributed by atoms with van der Waals surface area (Å²) < 4.78 is 5.30. The second-order valence-electron chi connectivity index (χ2n) is 7.77. The number of halogens is 1. The Kier molecular flexibility index (Phi) is 10.5. The summed E-state index contributed by atoms with van der Waals surface area (Å²) in [4.78, 5) is 11.6. The van der Waals surface area contributed by atoms with E-state index >= 15 is 0 Å². The standard InChI is InChI=1S/C19H35N5O.HI/c1-6-20-19(24-11-9-16(13-24)12-14(2)3)21-10-7-8-17-22-18(15(4)5)23-25-17;/h14-16H,6-13H2,1-5H3,(H,20,21);1H. The third kappa shape index (κ3) is 7.40. The van der Waals surface area contributed by atoms with Crippen LogP contribution in [0, 0.1) is 11.8 Å². The van der Waals surface area contributed by atoms with Gasteiger partial charge in [0.25, 0.3) is 0 Å². The van der Waals surface area contributed by atoms with Crippen LogP contribution in [0.5, 0.6) is 0 Å². The zero-order valence-electron chi connectivity index (χ0n) is 17.0. The van der Waals surface area contributed by atoms with Crippen molar-refractivity contribution in [3.8, 4) is 0 Å². The summed E-state index contributed by atoms with van der Waals surface area (Å²) in [5.41, 5.74) is 0. The molecule has 0 radical (unpaired) electrons. The third-order valence-electron chi connectivity index (χ3n) is 4.54. The van der Waals surface area contributed by atoms with Crippen LogP contribution in [0.1, 0.15) is 71.5 Å². The first-order valence-corrected chi connectivity index (χ1v) is 9.85. The van der Waals surface area contributed by atoms with E-state index in [-0.39, 0.29) is 24.0 Å². The quantitative estimate of drug-likeness (QED) is 0.265. The molecule has 1 aliphatic rings. The molecule has 2 heterocycles. The third-order valence-corrected chi connectivity index (χ3v) is 4.54. The van der Waals surface area contributed by atoms with E-state index in [1.54, 1.807) is 0 Å². The molecule has 0 saturated carbocycles. The van der Waals surface area contributed by atoms with E-state index in [1.165, 1.54) is 12.8 Å². The lowest BCUT2D eigenvalue weighted by atomic mass is 9.97. The van der Waals surface area contributed by atoms with Crippen molar-refractivity contribution in [1.29, 1.82) is 0 Å². The molecule has 0 spiro atoms. The highest BCUT2D eigenvalue weighted by atomic mass is 127. The maximum Gasteiger partial charge on any atom is 0.226 e. The molecule has 1 unspecified atom stereocenters. The van der Waals surface area contributed by atoms with Crippen LogP contribution in [0.15, 0.2) is 9.52 Å². The molecule has 2 rings (SSSR count). The van der Waals surface area contributed by atoms with Gasteiger partial charge in [0.15, 0.2) is 11.8 Å². The van der Waals surface area contributed by atoms with Crippen LogP contribution in [0.25, 0.3) is 0 Å². The highest BCUT2D eigenvalue weighted by Gasteiger charge is 2.25. The lowest BCUT2D eigenvalue weighted by Gasteiger charge is -2.22. The SMILES string of the molecule is CCNC(=NCCCc1nc(C(C)C)no1)N1CCC(CC(C)C)C1.I. The van der Waals surface area contributed by atoms with Gasteiger partial charge in [0, 0.05) is 38.5 Å². The van der Waals surface area contributed by atoms with Crippen molar-refractivity contribution in [2.24, 2.45) is 16.8 Å². The summed E-state index contributed by atoms with van der Waals surface area (Å²) in [6.07, 6.45) is 4.31. The van der Waals surface area contributed by atoms with Gasteiger partial charge in [-0.05, 0) is 38.0 Å². The summed E-state index contributed by atoms with van der Waals surface area (Å²) in [5.74, 6) is 4.46. The Labute approximate surface area is 175 Å². The van der Waals surface area contributed by atoms with Crippen molar-refractivity contribution in [3.63, 3.8) is 0 Å². The molecular weight excluding hydrogens is 441 g/mol. The van der Waals surface area contributed by atoms with Crippen LogP contribution in [-0.4, -0.2) is 47.2 Å². The van der Waals surface area contributed by atoms with Crippen molar-refractivity contribution in [1.82, 2.24) is 20.4 Å². The van der Waals surface area contributed by atoms with Crippen molar-refractivity contribution in [3.05, 3.63) is 11.7 Å². The van der Waals surface area contributed by atoms with E-state index in [4.69, 9.17) is 9.52 Å². The van der Waals surface area contributed by atoms with Gasteiger partial charge < -0.3 is 14.7 Å². The first kappa shape index (κ1) is 23.2. The Morgan fingerprint density at radius 1 is 1.35 bits per heavy atom. The largest absolute Gasteiger partial charge is 0.357 e. The van der Waals surface area contributed by atoms with Gasteiger partial charge in [-0.1, -0.05) is 32.9 Å². The fourth-order valence-electron chi connectivity index (χ4n) is 3.33. The number of hydrogen-bond donors (Lipinski definition) is 1. The molecular formula is C19H36IN5O. The van der Waals surface area contributed by atoms with Crippen LogP contribution in [0.2, 0.25) is 0 Å². The molecule has 0 bridgehead atoms. The van der Waals surface area contributed by atoms with Crippen LogP contribution in [0.3, 0.4) is 0 Å². The zero-order chi connectivity index (χ0) is 18.2. The molecule has 1 aromatic heterocycles. The fraction of sp³-hybridized carbons (Fsp3) is 0.842. The van der Waals surface area contributed by atoms with Gasteiger partial charge in [0.2, 0.25) is 5.89 Å². The van der Waals surface area contributed by atoms with Crippen molar-refractivity contribution < 1.29 is 4.52 Å². The van der Waals surface area contributed by atoms with E-state index in [0.717, 1.165) is 68.5 Å². The molecule has 1 aromatic rings. The van der Waals surface area contributed by atoms with Gasteiger partial charge in [-0.15, -0.1) is 24.0 Å². The Morgan fingerprint density at radius 3 is 2.73 bits per heavy atom. The van der Waals surface area contributed by atoms with Gasteiger partial charge in [0.1, 0.15) is 0 Å². The monoisotopic (exact) mass is 477 g/mol. The average molecular weight is 477 g/mol. The highest BCUT2D eigenvalue weighted by Crippen LogP contribution is 2.23. The Bertz CT molecular complexity index is 544. The van der Waals surface area contributed by atoms with Crippen molar-refractivity contribution >= 4 is 29.9 Å². The normalized spacial score (nSPS) is 17.9. The predicted octanol–water partition coefficient (Wildman–Crippen LogP) is 4.08. The molecule has 1 fully saturated rings. The Hall–Kier alpha value is -0.860. The van der Waals surface area contributed by atoms with Gasteiger partial charge in [-0.2, -0.15) is 4.98 Å². The summed E-state index contributed by atoms with van der Waals surface area (Å²) in [6.45, 7) is 14.8. The average Bonchev–Trinajstić information content (AvgIpc) is 3.19. The minimum atomic E-state index is 0. The van der Waals surface area contributed by atoms with Crippen LogP contribution in [-0.2, 0) is 6.42 Å². The Balaban J connectivity index is 0.00000338. The number of aromatic nitrogens is 2. The van der Waals surface area contributed by atoms with E-state index < -0.39 is 0 Å². The summed E-state index contributed by atoms with van der Waals surface area (Å²) in [6, 6.07) is 0. The number of nitrogens with one attached hydrogen (secondary N) is 1. The number of likely N-dealkylation sites (tertiary alicyclic amines) is 1. The molecule has 0 aliphatic carbocycles. The number of rotatable bonds is 8. The molecule has 0 amide bonds. The summed E-state index contributed by atoms with van der Waals surface area (Å²) in [7, 11) is 0. The molecule has 26 heavy (non-hydrogen) atoms. The highest BCUT2D eigenvalue weighted by molar-refractivity contribution is 14.0. The van der Waals surface area contributed by atoms with Crippen molar-refractivity contribution in [2.45, 2.75) is 66.2 Å². The number of nitrogens with zero attached hydrogens (tertiary/aromatic N) is 4. The lowest BCUT2D eigenvalue weighted by Crippen LogP contribution is -2.40. The molecule has 1 atom stereocenters. The van der Waals surface area contributed by atoms with E-state index in [1.807, 2.05) is 0 Å². The fourth-order valence-corrected chi connectivity index (χ4v) is 3.33. The number of aliphatic imine (C=N–C) groups is 1. The first-order chi connectivity index (χ1) is 12.0. The molecule has 1 N–H and O–H groups in total. The van der Waals surface area contributed by atoms with Gasteiger partial charge in [0.05, 0.1) is 0 Å². The van der Waals surface area contributed by atoms with Crippen LogP contribution in [0.4, 0.5) is 0 Å². The maximum absolute atomic E-state index is 5.30. The van der Waals surface area contributed by atoms with Crippen LogP contribution >= 0.6 is 24.0 Å². The van der Waals surface area contributed by atoms with E-state index in [2.05, 4.69) is 55.0 Å². The first-order valence-electron chi connectivity index (χ1n) is 9.85. The second kappa shape index (κ2) is 11.8. The smallest absolute Gasteiger partial charge is 0.226 e. The van der Waals surface area contributed by atoms with Gasteiger partial charge >= 0.3 is 0 Å². The molecule has 1 saturated heterocycles. The summed E-state index contributed by atoms with van der Waals surface area (Å²) in [5, 5.41) is 7.45. The molecule has 7 heteroatoms. The maximum atomic E-state index is 5.30. The molecule has 6 nitrogen and oxygen atoms in total. The molecule has 1 aliphatic heterocycles. The van der Waals surface area contributed by atoms with Gasteiger partial charge in [-0.25, -0.2) is 0 Å². The Morgan fingerprint density at radius 2 is 2.12 bits per heavy atom. The number of aryl methyl sites for hydroxylation is 1. The second-order valence-corrected chi connectivity index (χ2v) is 7.77. The van der Waals surface area contributed by atoms with E-state index in [0.29, 0.717) is 5.92 Å². The number of hydrogen-bond acceptors (Lipinski definition) is 4. The topological polar surface area (TPSA) is 66.5 Å². The molecule has 0 aromatic carbocycles. The summed E-state index contributed by atoms with van der Waals surface area (Å²) >= 11 is 0. The van der Waals surface area contributed by atoms with Gasteiger partial charge in [-0.3, -0.25) is 4.99 Å².